The van der Waals surface area contributed by atoms with E-state index in [2.05, 4.69) is 20.4 Å². The lowest BCUT2D eigenvalue weighted by Gasteiger charge is -2.37. The third kappa shape index (κ3) is 4.82. The summed E-state index contributed by atoms with van der Waals surface area (Å²) in [5.41, 5.74) is 0. The minimum Gasteiger partial charge on any atom is -0.467 e. The van der Waals surface area contributed by atoms with Gasteiger partial charge in [0.2, 0.25) is 11.8 Å². The molecule has 2 N–H and O–H groups in total. The maximum Gasteiger partial charge on any atom is 0.237 e. The first-order valence-electron chi connectivity index (χ1n) is 8.67. The molecule has 0 aromatic carbocycles. The standard InChI is InChI=1S/C17H26N4O3/c1-13(17(23)18-11-15-3-2-10-24-15)21-8-6-20(7-9-21)12-16(22)19-14-4-5-14/h2-3,10,13-14H,4-9,11-12H2,1H3,(H,18,23)(H,19,22)/t13-/m0/s1. The average molecular weight is 334 g/mol. The van der Waals surface area contributed by atoms with Crippen LogP contribution in [-0.2, 0) is 16.1 Å². The highest BCUT2D eigenvalue weighted by Gasteiger charge is 2.28. The molecular formula is C17H26N4O3. The summed E-state index contributed by atoms with van der Waals surface area (Å²) in [4.78, 5) is 28.4. The maximum atomic E-state index is 12.3. The summed E-state index contributed by atoms with van der Waals surface area (Å²) in [6, 6.07) is 3.89. The normalized spacial score (nSPS) is 20.5. The van der Waals surface area contributed by atoms with Crippen LogP contribution in [-0.4, -0.2) is 66.4 Å². The van der Waals surface area contributed by atoms with E-state index in [9.17, 15) is 9.59 Å². The van der Waals surface area contributed by atoms with Crippen LogP contribution in [0.25, 0.3) is 0 Å². The zero-order valence-corrected chi connectivity index (χ0v) is 14.2. The van der Waals surface area contributed by atoms with Gasteiger partial charge in [0.15, 0.2) is 0 Å². The van der Waals surface area contributed by atoms with Crippen LogP contribution in [0.3, 0.4) is 0 Å². The summed E-state index contributed by atoms with van der Waals surface area (Å²) >= 11 is 0. The first kappa shape index (κ1) is 17.0. The van der Waals surface area contributed by atoms with Crippen molar-refractivity contribution in [3.8, 4) is 0 Å². The molecule has 0 unspecified atom stereocenters. The molecular weight excluding hydrogens is 308 g/mol. The van der Waals surface area contributed by atoms with Gasteiger partial charge in [-0.25, -0.2) is 0 Å². The van der Waals surface area contributed by atoms with Crippen LogP contribution < -0.4 is 10.6 Å². The van der Waals surface area contributed by atoms with Crippen LogP contribution in [0.5, 0.6) is 0 Å². The Morgan fingerprint density at radius 1 is 1.29 bits per heavy atom. The predicted octanol–water partition coefficient (Wildman–Crippen LogP) is 0.181. The van der Waals surface area contributed by atoms with Gasteiger partial charge in [0.25, 0.3) is 0 Å². The number of nitrogens with zero attached hydrogens (tertiary/aromatic N) is 2. The Morgan fingerprint density at radius 2 is 2.04 bits per heavy atom. The Kier molecular flexibility index (Phi) is 5.52. The molecule has 24 heavy (non-hydrogen) atoms. The quantitative estimate of drug-likeness (QED) is 0.744. The number of furan rings is 1. The molecule has 1 aromatic rings. The minimum absolute atomic E-state index is 0.00586. The van der Waals surface area contributed by atoms with Crippen molar-refractivity contribution >= 4 is 11.8 Å². The fraction of sp³-hybridized carbons (Fsp3) is 0.647. The van der Waals surface area contributed by atoms with Gasteiger partial charge < -0.3 is 15.1 Å². The molecule has 1 aliphatic carbocycles. The third-order valence-corrected chi connectivity index (χ3v) is 4.66. The number of carbonyl (C=O) groups is 2. The van der Waals surface area contributed by atoms with E-state index in [4.69, 9.17) is 4.42 Å². The van der Waals surface area contributed by atoms with Gasteiger partial charge in [0, 0.05) is 32.2 Å². The number of rotatable bonds is 7. The second-order valence-electron chi connectivity index (χ2n) is 6.63. The lowest BCUT2D eigenvalue weighted by Crippen LogP contribution is -2.55. The zero-order valence-electron chi connectivity index (χ0n) is 14.2. The Morgan fingerprint density at radius 3 is 2.67 bits per heavy atom. The zero-order chi connectivity index (χ0) is 16.9. The molecule has 1 aliphatic heterocycles. The van der Waals surface area contributed by atoms with E-state index < -0.39 is 0 Å². The molecule has 2 heterocycles. The molecule has 7 heteroatoms. The third-order valence-electron chi connectivity index (χ3n) is 4.66. The Bertz CT molecular complexity index is 548. The van der Waals surface area contributed by atoms with E-state index in [0.717, 1.165) is 44.8 Å². The lowest BCUT2D eigenvalue weighted by molar-refractivity contribution is -0.128. The maximum absolute atomic E-state index is 12.3. The topological polar surface area (TPSA) is 77.8 Å². The highest BCUT2D eigenvalue weighted by molar-refractivity contribution is 5.81. The summed E-state index contributed by atoms with van der Waals surface area (Å²) in [6.45, 7) is 6.02. The number of hydrogen-bond donors (Lipinski definition) is 2. The molecule has 0 spiro atoms. The largest absolute Gasteiger partial charge is 0.467 e. The molecule has 1 saturated carbocycles. The van der Waals surface area contributed by atoms with E-state index in [1.807, 2.05) is 19.1 Å². The van der Waals surface area contributed by atoms with Crippen molar-refractivity contribution in [2.24, 2.45) is 0 Å². The summed E-state index contributed by atoms with van der Waals surface area (Å²) < 4.78 is 5.22. The first-order valence-corrected chi connectivity index (χ1v) is 8.67. The van der Waals surface area contributed by atoms with Crippen molar-refractivity contribution in [2.75, 3.05) is 32.7 Å². The molecule has 7 nitrogen and oxygen atoms in total. The van der Waals surface area contributed by atoms with Crippen molar-refractivity contribution in [3.05, 3.63) is 24.2 Å². The van der Waals surface area contributed by atoms with Crippen molar-refractivity contribution in [1.82, 2.24) is 20.4 Å². The second kappa shape index (κ2) is 7.81. The molecule has 1 saturated heterocycles. The lowest BCUT2D eigenvalue weighted by atomic mass is 10.2. The fourth-order valence-corrected chi connectivity index (χ4v) is 2.91. The highest BCUT2D eigenvalue weighted by Crippen LogP contribution is 2.18. The van der Waals surface area contributed by atoms with Crippen LogP contribution in [0, 0.1) is 0 Å². The Labute approximate surface area is 142 Å². The first-order chi connectivity index (χ1) is 11.6. The van der Waals surface area contributed by atoms with Gasteiger partial charge in [0.1, 0.15) is 5.76 Å². The van der Waals surface area contributed by atoms with Gasteiger partial charge in [-0.1, -0.05) is 0 Å². The smallest absolute Gasteiger partial charge is 0.237 e. The van der Waals surface area contributed by atoms with Crippen molar-refractivity contribution < 1.29 is 14.0 Å². The summed E-state index contributed by atoms with van der Waals surface area (Å²) in [7, 11) is 0. The highest BCUT2D eigenvalue weighted by atomic mass is 16.3. The van der Waals surface area contributed by atoms with Crippen LogP contribution in [0.4, 0.5) is 0 Å². The van der Waals surface area contributed by atoms with Crippen molar-refractivity contribution in [1.29, 1.82) is 0 Å². The van der Waals surface area contributed by atoms with Gasteiger partial charge in [-0.05, 0) is 31.9 Å². The predicted molar refractivity (Wildman–Crippen MR) is 89.2 cm³/mol. The van der Waals surface area contributed by atoms with E-state index >= 15 is 0 Å². The fourth-order valence-electron chi connectivity index (χ4n) is 2.91. The van der Waals surface area contributed by atoms with E-state index in [1.54, 1.807) is 6.26 Å². The van der Waals surface area contributed by atoms with Crippen LogP contribution >= 0.6 is 0 Å². The number of amides is 2. The van der Waals surface area contributed by atoms with Gasteiger partial charge in [-0.3, -0.25) is 19.4 Å². The Balaban J connectivity index is 1.36. The number of hydrogen-bond acceptors (Lipinski definition) is 5. The molecule has 2 aliphatic rings. The molecule has 2 amide bonds. The van der Waals surface area contributed by atoms with Crippen LogP contribution in [0.2, 0.25) is 0 Å². The SMILES string of the molecule is C[C@@H](C(=O)NCc1ccco1)N1CCN(CC(=O)NC2CC2)CC1. The average Bonchev–Trinajstić information content (AvgIpc) is 3.23. The van der Waals surface area contributed by atoms with Gasteiger partial charge in [-0.2, -0.15) is 0 Å². The number of piperazine rings is 1. The minimum atomic E-state index is -0.178. The van der Waals surface area contributed by atoms with E-state index in [0.29, 0.717) is 19.1 Å². The molecule has 3 rings (SSSR count). The number of carbonyl (C=O) groups excluding carboxylic acids is 2. The van der Waals surface area contributed by atoms with Crippen molar-refractivity contribution in [2.45, 2.75) is 38.4 Å². The van der Waals surface area contributed by atoms with Crippen LogP contribution in [0.1, 0.15) is 25.5 Å². The van der Waals surface area contributed by atoms with Crippen molar-refractivity contribution in [3.63, 3.8) is 0 Å². The van der Waals surface area contributed by atoms with E-state index in [1.165, 1.54) is 0 Å². The van der Waals surface area contributed by atoms with Gasteiger partial charge in [-0.15, -0.1) is 0 Å². The molecule has 1 aromatic heterocycles. The molecule has 2 fully saturated rings. The molecule has 0 bridgehead atoms. The van der Waals surface area contributed by atoms with Gasteiger partial charge >= 0.3 is 0 Å². The number of nitrogens with one attached hydrogen (secondary N) is 2. The molecule has 132 valence electrons. The second-order valence-corrected chi connectivity index (χ2v) is 6.63. The summed E-state index contributed by atoms with van der Waals surface area (Å²) in [6.07, 6.45) is 3.83. The monoisotopic (exact) mass is 334 g/mol. The summed E-state index contributed by atoms with van der Waals surface area (Å²) in [5, 5.41) is 5.92. The van der Waals surface area contributed by atoms with E-state index in [-0.39, 0.29) is 17.9 Å². The molecule has 0 radical (unpaired) electrons. The Hall–Kier alpha value is -1.86. The van der Waals surface area contributed by atoms with Gasteiger partial charge in [0.05, 0.1) is 25.4 Å². The van der Waals surface area contributed by atoms with Crippen LogP contribution in [0.15, 0.2) is 22.8 Å². The molecule has 1 atom stereocenters. The summed E-state index contributed by atoms with van der Waals surface area (Å²) in [5.74, 6) is 0.878.